The van der Waals surface area contributed by atoms with Gasteiger partial charge in [-0.1, -0.05) is 41.5 Å². The van der Waals surface area contributed by atoms with Crippen LogP contribution in [0.2, 0.25) is 0 Å². The molecule has 10 rings (SSSR count). The van der Waals surface area contributed by atoms with Crippen LogP contribution in [0.5, 0.6) is 0 Å². The maximum Gasteiger partial charge on any atom is 0.187 e. The summed E-state index contributed by atoms with van der Waals surface area (Å²) in [6.07, 6.45) is -26.4. The van der Waals surface area contributed by atoms with Crippen molar-refractivity contribution in [1.29, 1.82) is 0 Å². The Kier molecular flexibility index (Phi) is 15.5. The van der Waals surface area contributed by atoms with Crippen LogP contribution in [0.4, 0.5) is 0 Å². The van der Waals surface area contributed by atoms with Gasteiger partial charge in [0.15, 0.2) is 31.5 Å². The summed E-state index contributed by atoms with van der Waals surface area (Å²) in [5, 5.41) is 143. The molecule has 2 bridgehead atoms. The minimum Gasteiger partial charge on any atom is -0.394 e. The third-order valence-electron chi connectivity index (χ3n) is 22.4. The van der Waals surface area contributed by atoms with E-state index < -0.39 is 182 Å². The van der Waals surface area contributed by atoms with E-state index >= 15 is 0 Å². The Morgan fingerprint density at radius 1 is 0.553 bits per heavy atom. The van der Waals surface area contributed by atoms with Gasteiger partial charge in [-0.25, -0.2) is 0 Å². The molecule has 0 radical (unpaired) electrons. The van der Waals surface area contributed by atoms with Crippen LogP contribution in [0.15, 0.2) is 0 Å². The molecule has 0 aromatic heterocycles. The van der Waals surface area contributed by atoms with Gasteiger partial charge in [0.1, 0.15) is 91.7 Å². The van der Waals surface area contributed by atoms with Crippen LogP contribution >= 0.6 is 0 Å². The quantitative estimate of drug-likeness (QED) is 0.0772. The normalized spacial score (nSPS) is 58.9. The smallest absolute Gasteiger partial charge is 0.187 e. The lowest BCUT2D eigenvalue weighted by molar-refractivity contribution is -0.394. The summed E-state index contributed by atoms with van der Waals surface area (Å²) >= 11 is 0. The van der Waals surface area contributed by atoms with E-state index in [2.05, 4.69) is 34.6 Å². The van der Waals surface area contributed by atoms with E-state index in [4.69, 9.17) is 42.6 Å². The number of aliphatic hydroxyl groups is 13. The van der Waals surface area contributed by atoms with Crippen LogP contribution in [0.1, 0.15) is 113 Å². The fourth-order valence-electron chi connectivity index (χ4n) is 17.7. The zero-order valence-corrected chi connectivity index (χ0v) is 44.6. The molecule has 5 aliphatic heterocycles. The number of ether oxygens (including phenoxy) is 9. The Hall–Kier alpha value is -1.21. The molecule has 0 aromatic rings. The predicted molar refractivity (Wildman–Crippen MR) is 256 cm³/mol. The van der Waals surface area contributed by atoms with E-state index in [1.165, 1.54) is 6.92 Å². The van der Waals surface area contributed by atoms with Crippen LogP contribution in [-0.4, -0.2) is 233 Å². The lowest BCUT2D eigenvalue weighted by atomic mass is 9.30. The number of rotatable bonds is 11. The number of aldehydes is 1. The lowest BCUT2D eigenvalue weighted by Crippen LogP contribution is -2.74. The summed E-state index contributed by atoms with van der Waals surface area (Å²) in [6.45, 7) is 12.6. The van der Waals surface area contributed by atoms with E-state index in [1.807, 2.05) is 6.92 Å². The van der Waals surface area contributed by atoms with Gasteiger partial charge in [0.2, 0.25) is 0 Å². The summed E-state index contributed by atoms with van der Waals surface area (Å²) in [6, 6.07) is 0. The predicted octanol–water partition coefficient (Wildman–Crippen LogP) is -2.19. The topological polar surface area (TPSA) is 363 Å². The summed E-state index contributed by atoms with van der Waals surface area (Å²) in [7, 11) is 0. The van der Waals surface area contributed by atoms with Crippen LogP contribution < -0.4 is 0 Å². The average molecular weight is 1090 g/mol. The Morgan fingerprint density at radius 3 is 1.79 bits per heavy atom. The van der Waals surface area contributed by atoms with Gasteiger partial charge in [0.25, 0.3) is 0 Å². The van der Waals surface area contributed by atoms with Gasteiger partial charge in [0, 0.05) is 16.7 Å². The molecule has 76 heavy (non-hydrogen) atoms. The molecule has 5 aliphatic carbocycles. The minimum atomic E-state index is -1.90. The Balaban J connectivity index is 0.906. The molecule has 436 valence electrons. The minimum absolute atomic E-state index is 0.0697. The highest BCUT2D eigenvalue weighted by atomic mass is 16.8. The zero-order valence-electron chi connectivity index (χ0n) is 44.6. The molecule has 5 saturated heterocycles. The summed E-state index contributed by atoms with van der Waals surface area (Å²) in [4.78, 5) is 12.6. The van der Waals surface area contributed by atoms with Gasteiger partial charge < -0.3 is 114 Å². The molecule has 1 spiro atoms. The average Bonchev–Trinajstić information content (AvgIpc) is 3.85. The van der Waals surface area contributed by atoms with Crippen LogP contribution in [0.25, 0.3) is 0 Å². The fraction of sp³-hybridized carbons (Fsp3) is 0.981. The molecule has 5 saturated carbocycles. The number of carbonyl (C=O) groups is 1. The molecule has 0 unspecified atom stereocenters. The maximum absolute atomic E-state index is 12.6. The molecule has 31 atom stereocenters. The summed E-state index contributed by atoms with van der Waals surface area (Å²) < 4.78 is 55.9. The second-order valence-corrected chi connectivity index (χ2v) is 26.3. The second-order valence-electron chi connectivity index (χ2n) is 26.3. The van der Waals surface area contributed by atoms with Gasteiger partial charge in [-0.15, -0.1) is 0 Å². The van der Waals surface area contributed by atoms with E-state index in [1.54, 1.807) is 0 Å². The molecule has 5 heterocycles. The Labute approximate surface area is 442 Å². The van der Waals surface area contributed by atoms with Gasteiger partial charge in [-0.3, -0.25) is 0 Å². The first-order valence-corrected chi connectivity index (χ1v) is 27.7. The Morgan fingerprint density at radius 2 is 1.14 bits per heavy atom. The molecule has 23 nitrogen and oxygen atoms in total. The van der Waals surface area contributed by atoms with E-state index in [0.29, 0.717) is 44.9 Å². The van der Waals surface area contributed by atoms with Crippen molar-refractivity contribution >= 4 is 6.29 Å². The van der Waals surface area contributed by atoms with Crippen molar-refractivity contribution in [3.63, 3.8) is 0 Å². The number of aliphatic hydroxyl groups excluding tert-OH is 13. The second kappa shape index (κ2) is 20.3. The highest BCUT2D eigenvalue weighted by molar-refractivity contribution is 5.59. The monoisotopic (exact) mass is 1090 g/mol. The van der Waals surface area contributed by atoms with Crippen LogP contribution in [0.3, 0.4) is 0 Å². The molecule has 10 aliphatic rings. The molecular weight excluding hydrogens is 1000 g/mol. The number of fused-ring (bicyclic) bond motifs is 4. The SMILES string of the molecule is C[C@@H]1O[C@@H](O[C@H]2[C@H](O[C@H]3CO[C@@H](O[C@H]4CC[C@]5(C)[C@H]6CC[C@]78O[C@H](O)[C@@]9(CC[C@](C)(C=O)C[C@H]97)[C@H](O)C[C@@]8(C)[C@]6(C)CC[C@H]5C4(C)C)[C@H](O[C@@H]4O[C@H](CO)[C@@H](O)[C@H](O)[C@H]4O)[C@H]3O)O[C@H](CO)[C@@H](O)[C@@H]2O)[C@H](O)[C@H](O)[C@H]1O. The van der Waals surface area contributed by atoms with Crippen molar-refractivity contribution in [3.05, 3.63) is 0 Å². The Bertz CT molecular complexity index is 2090. The standard InChI is InChI=1S/C53H86O23/c1-22-31(58)35(62)38(65)42(69-22)75-41-37(64)33(60)24(19-55)71-45(41)72-25-20-68-44(40(34(25)61)74-43-39(66)36(63)32(59)23(18-54)70-43)73-30-10-11-49(5)26(47(30,2)3)8-12-50(6)27(49)9-13-53-28-16-48(4,21-56)14-15-52(28,46(67)76-53)29(57)17-51(50,53)7/h21-46,54-55,57-67H,8-20H2,1-7H3/t22-,23+,24+,25-,26-,27+,28+,29+,30-,31-,32+,33+,34-,35+,36-,37-,38+,39+,40+,41+,42-,43-,44-,45-,46-,48-,49-,50+,51-,52+,53-/m0/s1. The third-order valence-corrected chi connectivity index (χ3v) is 22.4. The number of carbonyl (C=O) groups excluding carboxylic acids is 1. The van der Waals surface area contributed by atoms with Crippen molar-refractivity contribution in [2.75, 3.05) is 19.8 Å². The largest absolute Gasteiger partial charge is 0.394 e. The van der Waals surface area contributed by atoms with Crippen molar-refractivity contribution in [1.82, 2.24) is 0 Å². The molecule has 23 heteroatoms. The van der Waals surface area contributed by atoms with Crippen molar-refractivity contribution in [3.8, 4) is 0 Å². The first kappa shape index (κ1) is 58.0. The first-order valence-electron chi connectivity index (χ1n) is 27.7. The molecule has 10 fully saturated rings. The molecule has 13 N–H and O–H groups in total. The first-order chi connectivity index (χ1) is 35.6. The lowest BCUT2D eigenvalue weighted by Gasteiger charge is -2.75. The molecule has 0 aromatic carbocycles. The number of hydrogen-bond donors (Lipinski definition) is 13. The van der Waals surface area contributed by atoms with Crippen LogP contribution in [-0.2, 0) is 47.4 Å². The van der Waals surface area contributed by atoms with Crippen molar-refractivity contribution in [2.24, 2.45) is 50.2 Å². The van der Waals surface area contributed by atoms with Crippen molar-refractivity contribution < 1.29 is 114 Å². The van der Waals surface area contributed by atoms with Crippen molar-refractivity contribution in [2.45, 2.75) is 253 Å². The highest BCUT2D eigenvalue weighted by Crippen LogP contribution is 2.81. The van der Waals surface area contributed by atoms with Gasteiger partial charge in [-0.05, 0) is 99.2 Å². The van der Waals surface area contributed by atoms with Crippen LogP contribution in [0, 0.1) is 50.2 Å². The van der Waals surface area contributed by atoms with Gasteiger partial charge >= 0.3 is 0 Å². The van der Waals surface area contributed by atoms with E-state index in [9.17, 15) is 71.2 Å². The third kappa shape index (κ3) is 8.44. The molecule has 0 amide bonds. The maximum atomic E-state index is 12.6. The van der Waals surface area contributed by atoms with Gasteiger partial charge in [0.05, 0.1) is 49.1 Å². The number of hydrogen-bond acceptors (Lipinski definition) is 23. The van der Waals surface area contributed by atoms with E-state index in [-0.39, 0.29) is 28.6 Å². The highest BCUT2D eigenvalue weighted by Gasteiger charge is 2.82. The molecular formula is C53H86O23. The van der Waals surface area contributed by atoms with Gasteiger partial charge in [-0.2, -0.15) is 0 Å². The summed E-state index contributed by atoms with van der Waals surface area (Å²) in [5.41, 5.74) is -3.89. The zero-order chi connectivity index (χ0) is 55.2. The fourth-order valence-corrected chi connectivity index (χ4v) is 17.7. The van der Waals surface area contributed by atoms with E-state index in [0.717, 1.165) is 25.5 Å². The summed E-state index contributed by atoms with van der Waals surface area (Å²) in [5.74, 6) is 0.0326.